The lowest BCUT2D eigenvalue weighted by Gasteiger charge is -2.32. The maximum Gasteiger partial charge on any atom is 0.336 e. The largest absolute Gasteiger partial charge is 0.486 e. The molecule has 7 nitrogen and oxygen atoms in total. The second-order valence-corrected chi connectivity index (χ2v) is 13.5. The summed E-state index contributed by atoms with van der Waals surface area (Å²) >= 11 is 0. The maximum atomic E-state index is 12.7. The Balaban J connectivity index is 1.03. The molecular weight excluding hydrogens is 576 g/mol. The molecule has 7 heteroatoms. The van der Waals surface area contributed by atoms with E-state index in [0.717, 1.165) is 55.2 Å². The molecule has 0 saturated carbocycles. The molecule has 0 atom stereocenters. The highest BCUT2D eigenvalue weighted by Gasteiger charge is 2.26. The van der Waals surface area contributed by atoms with E-state index < -0.39 is 5.63 Å². The molecule has 1 saturated heterocycles. The van der Waals surface area contributed by atoms with Gasteiger partial charge in [-0.25, -0.2) is 4.79 Å². The summed E-state index contributed by atoms with van der Waals surface area (Å²) in [5.41, 5.74) is 5.90. The van der Waals surface area contributed by atoms with Crippen LogP contribution < -0.4 is 15.7 Å². The van der Waals surface area contributed by atoms with E-state index in [1.54, 1.807) is 18.4 Å². The Labute approximate surface area is 272 Å². The molecular formula is C39H48N2O5. The Kier molecular flexibility index (Phi) is 10.8. The van der Waals surface area contributed by atoms with Crippen LogP contribution in [0, 0.1) is 5.41 Å². The lowest BCUT2D eigenvalue weighted by Crippen LogP contribution is -2.44. The van der Waals surface area contributed by atoms with Crippen LogP contribution in [0.2, 0.25) is 0 Å². The molecule has 0 unspecified atom stereocenters. The van der Waals surface area contributed by atoms with Crippen LogP contribution in [0.15, 0.2) is 103 Å². The van der Waals surface area contributed by atoms with Gasteiger partial charge in [-0.1, -0.05) is 55.4 Å². The van der Waals surface area contributed by atoms with Crippen LogP contribution in [0.4, 0.5) is 0 Å². The summed E-state index contributed by atoms with van der Waals surface area (Å²) in [6, 6.07) is 7.13. The summed E-state index contributed by atoms with van der Waals surface area (Å²) in [5, 5.41) is 4.89. The highest BCUT2D eigenvalue weighted by Crippen LogP contribution is 2.41. The van der Waals surface area contributed by atoms with Gasteiger partial charge in [-0.2, -0.15) is 0 Å². The molecule has 0 radical (unpaired) electrons. The molecule has 2 aliphatic rings. The van der Waals surface area contributed by atoms with Crippen LogP contribution in [0.1, 0.15) is 73.1 Å². The Morgan fingerprint density at radius 2 is 1.87 bits per heavy atom. The van der Waals surface area contributed by atoms with Crippen molar-refractivity contribution < 1.29 is 18.4 Å². The van der Waals surface area contributed by atoms with Crippen molar-refractivity contribution in [1.29, 1.82) is 0 Å². The number of benzene rings is 1. The molecule has 0 bridgehead atoms. The third kappa shape index (κ3) is 8.58. The standard InChI is InChI=1S/C39H48N2O5/c1-27(12-14-33-29(3)11-7-19-39(33,4)5)9-6-10-28(2)25-34(42)40-32-16-21-41(22-17-32)20-8-23-44-38-36-31(18-24-45-36)26-30-13-15-35(43)46-37(30)38/h6,9-10,12-15,18,24-26,32H,7-8,11,16-17,19-23H2,1-5H3,(H,40,42). The molecule has 1 fully saturated rings. The number of amides is 1. The van der Waals surface area contributed by atoms with E-state index in [0.29, 0.717) is 23.5 Å². The van der Waals surface area contributed by atoms with Crippen molar-refractivity contribution in [1.82, 2.24) is 10.2 Å². The van der Waals surface area contributed by atoms with Gasteiger partial charge in [-0.3, -0.25) is 4.79 Å². The first-order valence-electron chi connectivity index (χ1n) is 16.6. The van der Waals surface area contributed by atoms with Crippen LogP contribution in [0.5, 0.6) is 5.75 Å². The smallest absolute Gasteiger partial charge is 0.336 e. The summed E-state index contributed by atoms with van der Waals surface area (Å²) < 4.78 is 17.2. The number of rotatable bonds is 11. The SMILES string of the molecule is CC(C=CC1=C(C)CCCC1(C)C)=CC=CC(C)=CC(=O)NC1CCN(CCCOc2c3occc3cc3ccc(=O)oc23)CC1. The van der Waals surface area contributed by atoms with E-state index in [1.165, 1.54) is 42.0 Å². The van der Waals surface area contributed by atoms with Crippen LogP contribution in [0.25, 0.3) is 21.9 Å². The van der Waals surface area contributed by atoms with Crippen molar-refractivity contribution in [3.05, 3.63) is 99.7 Å². The number of furan rings is 1. The van der Waals surface area contributed by atoms with Crippen LogP contribution in [0.3, 0.4) is 0 Å². The second kappa shape index (κ2) is 15.0. The fourth-order valence-corrected chi connectivity index (χ4v) is 6.63. The quantitative estimate of drug-likeness (QED) is 0.0998. The van der Waals surface area contributed by atoms with Crippen molar-refractivity contribution in [2.24, 2.45) is 5.41 Å². The number of carbonyl (C=O) groups excluding carboxylic acids is 1. The van der Waals surface area contributed by atoms with Gasteiger partial charge in [0.25, 0.3) is 0 Å². The average molecular weight is 625 g/mol. The summed E-state index contributed by atoms with van der Waals surface area (Å²) in [4.78, 5) is 26.9. The van der Waals surface area contributed by atoms with Crippen LogP contribution in [-0.2, 0) is 4.79 Å². The predicted octanol–water partition coefficient (Wildman–Crippen LogP) is 8.42. The molecule has 1 amide bonds. The number of hydrogen-bond acceptors (Lipinski definition) is 6. The van der Waals surface area contributed by atoms with E-state index in [2.05, 4.69) is 56.1 Å². The van der Waals surface area contributed by atoms with Gasteiger partial charge in [-0.15, -0.1) is 0 Å². The minimum Gasteiger partial charge on any atom is -0.486 e. The highest BCUT2D eigenvalue weighted by atomic mass is 16.5. The first kappa shape index (κ1) is 33.3. The lowest BCUT2D eigenvalue weighted by molar-refractivity contribution is -0.117. The molecule has 2 aromatic heterocycles. The van der Waals surface area contributed by atoms with Gasteiger partial charge in [0.2, 0.25) is 11.7 Å². The zero-order valence-corrected chi connectivity index (χ0v) is 28.0. The van der Waals surface area contributed by atoms with Gasteiger partial charge in [0.1, 0.15) is 0 Å². The minimum absolute atomic E-state index is 0.0393. The van der Waals surface area contributed by atoms with Gasteiger partial charge < -0.3 is 23.8 Å². The van der Waals surface area contributed by atoms with E-state index >= 15 is 0 Å². The fourth-order valence-electron chi connectivity index (χ4n) is 6.63. The molecule has 244 valence electrons. The van der Waals surface area contributed by atoms with Crippen molar-refractivity contribution in [3.63, 3.8) is 0 Å². The zero-order valence-electron chi connectivity index (χ0n) is 28.0. The highest BCUT2D eigenvalue weighted by molar-refractivity contribution is 5.99. The normalized spacial score (nSPS) is 18.8. The van der Waals surface area contributed by atoms with Crippen molar-refractivity contribution in [3.8, 4) is 5.75 Å². The average Bonchev–Trinajstić information content (AvgIpc) is 3.47. The zero-order chi connectivity index (χ0) is 32.7. The van der Waals surface area contributed by atoms with Gasteiger partial charge in [-0.05, 0) is 94.1 Å². The lowest BCUT2D eigenvalue weighted by atomic mass is 9.72. The van der Waals surface area contributed by atoms with E-state index in [1.807, 2.05) is 31.2 Å². The molecule has 1 aliphatic heterocycles. The molecule has 5 rings (SSSR count). The van der Waals surface area contributed by atoms with Crippen molar-refractivity contribution in [2.75, 3.05) is 26.2 Å². The van der Waals surface area contributed by atoms with Gasteiger partial charge >= 0.3 is 5.63 Å². The van der Waals surface area contributed by atoms with Gasteiger partial charge in [0.05, 0.1) is 12.9 Å². The fraction of sp³-hybridized carbons (Fsp3) is 0.436. The topological polar surface area (TPSA) is 84.9 Å². The number of hydrogen-bond donors (Lipinski definition) is 1. The second-order valence-electron chi connectivity index (χ2n) is 13.5. The van der Waals surface area contributed by atoms with Gasteiger partial charge in [0.15, 0.2) is 11.2 Å². The molecule has 1 aromatic carbocycles. The maximum absolute atomic E-state index is 12.7. The molecule has 46 heavy (non-hydrogen) atoms. The Bertz CT molecular complexity index is 1760. The molecule has 3 heterocycles. The summed E-state index contributed by atoms with van der Waals surface area (Å²) in [6.07, 6.45) is 20.2. The van der Waals surface area contributed by atoms with E-state index in [4.69, 9.17) is 13.6 Å². The Morgan fingerprint density at radius 3 is 2.65 bits per heavy atom. The number of fused-ring (bicyclic) bond motifs is 2. The predicted molar refractivity (Wildman–Crippen MR) is 186 cm³/mol. The number of nitrogens with zero attached hydrogens (tertiary/aromatic N) is 1. The van der Waals surface area contributed by atoms with Crippen molar-refractivity contribution >= 4 is 27.8 Å². The number of ether oxygens (including phenoxy) is 1. The molecule has 1 aliphatic carbocycles. The first-order valence-corrected chi connectivity index (χ1v) is 16.6. The summed E-state index contributed by atoms with van der Waals surface area (Å²) in [6.45, 7) is 14.2. The Morgan fingerprint density at radius 1 is 1.09 bits per heavy atom. The Hall–Kier alpha value is -4.10. The summed E-state index contributed by atoms with van der Waals surface area (Å²) in [5.74, 6) is 0.437. The minimum atomic E-state index is -0.418. The third-order valence-corrected chi connectivity index (χ3v) is 9.21. The first-order chi connectivity index (χ1) is 22.1. The van der Waals surface area contributed by atoms with Gasteiger partial charge in [0, 0.05) is 48.6 Å². The number of carbonyl (C=O) groups is 1. The number of likely N-dealkylation sites (tertiary alicyclic amines) is 1. The van der Waals surface area contributed by atoms with E-state index in [-0.39, 0.29) is 17.4 Å². The molecule has 0 spiro atoms. The third-order valence-electron chi connectivity index (χ3n) is 9.21. The monoisotopic (exact) mass is 624 g/mol. The summed E-state index contributed by atoms with van der Waals surface area (Å²) in [7, 11) is 0. The molecule has 3 aromatic rings. The number of allylic oxidation sites excluding steroid dienone is 9. The van der Waals surface area contributed by atoms with Crippen LogP contribution >= 0.6 is 0 Å². The number of piperidine rings is 1. The van der Waals surface area contributed by atoms with Crippen molar-refractivity contribution in [2.45, 2.75) is 79.2 Å². The number of nitrogens with one attached hydrogen (secondary N) is 1. The molecule has 1 N–H and O–H groups in total. The van der Waals surface area contributed by atoms with E-state index in [9.17, 15) is 9.59 Å². The van der Waals surface area contributed by atoms with Crippen LogP contribution in [-0.4, -0.2) is 43.1 Å².